The molecule has 2 aromatic carbocycles. The number of nitrogens with zero attached hydrogens (tertiary/aromatic N) is 1. The Balaban J connectivity index is 1.57. The fourth-order valence-electron chi connectivity index (χ4n) is 4.25. The first-order valence-corrected chi connectivity index (χ1v) is 9.82. The van der Waals surface area contributed by atoms with Crippen LogP contribution in [0.4, 0.5) is 0 Å². The topological polar surface area (TPSA) is 51.9 Å². The van der Waals surface area contributed by atoms with E-state index in [0.717, 1.165) is 42.9 Å². The van der Waals surface area contributed by atoms with E-state index in [1.807, 2.05) is 49.4 Å². The van der Waals surface area contributed by atoms with Gasteiger partial charge in [-0.25, -0.2) is 0 Å². The van der Waals surface area contributed by atoms with Crippen LogP contribution >= 0.6 is 0 Å². The lowest BCUT2D eigenvalue weighted by Crippen LogP contribution is -2.37. The Morgan fingerprint density at radius 3 is 2.79 bits per heavy atom. The van der Waals surface area contributed by atoms with E-state index < -0.39 is 0 Å². The first-order valence-electron chi connectivity index (χ1n) is 9.82. The minimum absolute atomic E-state index is 0.00370. The van der Waals surface area contributed by atoms with E-state index in [1.165, 1.54) is 0 Å². The SMILES string of the molecule is Cc1oc2c3c(ccc2c(=O)c1-c1ccccc1)OCN(CC1CCCO1)C3. The lowest BCUT2D eigenvalue weighted by Gasteiger charge is -2.30. The van der Waals surface area contributed by atoms with Gasteiger partial charge in [-0.15, -0.1) is 0 Å². The molecule has 5 nitrogen and oxygen atoms in total. The molecule has 28 heavy (non-hydrogen) atoms. The molecule has 0 bridgehead atoms. The van der Waals surface area contributed by atoms with Crippen molar-refractivity contribution in [3.63, 3.8) is 0 Å². The van der Waals surface area contributed by atoms with Crippen LogP contribution in [0.5, 0.6) is 5.75 Å². The van der Waals surface area contributed by atoms with Crippen molar-refractivity contribution in [3.05, 3.63) is 64.0 Å². The molecule has 1 fully saturated rings. The fourth-order valence-corrected chi connectivity index (χ4v) is 4.25. The summed E-state index contributed by atoms with van der Waals surface area (Å²) in [5.41, 5.74) is 3.09. The maximum absolute atomic E-state index is 13.3. The highest BCUT2D eigenvalue weighted by molar-refractivity contribution is 5.86. The molecular weight excluding hydrogens is 354 g/mol. The molecule has 1 aromatic heterocycles. The van der Waals surface area contributed by atoms with Crippen LogP contribution in [0.25, 0.3) is 22.1 Å². The van der Waals surface area contributed by atoms with Crippen molar-refractivity contribution < 1.29 is 13.9 Å². The van der Waals surface area contributed by atoms with Crippen molar-refractivity contribution >= 4 is 11.0 Å². The minimum Gasteiger partial charge on any atom is -0.478 e. The van der Waals surface area contributed by atoms with Crippen LogP contribution in [-0.2, 0) is 11.3 Å². The molecule has 1 atom stereocenters. The predicted molar refractivity (Wildman–Crippen MR) is 108 cm³/mol. The molecule has 1 saturated heterocycles. The highest BCUT2D eigenvalue weighted by Crippen LogP contribution is 2.34. The van der Waals surface area contributed by atoms with Gasteiger partial charge in [-0.1, -0.05) is 30.3 Å². The number of hydrogen-bond donors (Lipinski definition) is 0. The third kappa shape index (κ3) is 3.01. The predicted octanol–water partition coefficient (Wildman–Crippen LogP) is 4.10. The second-order valence-corrected chi connectivity index (χ2v) is 7.57. The fraction of sp³-hybridized carbons (Fsp3) is 0.348. The molecule has 1 unspecified atom stereocenters. The van der Waals surface area contributed by atoms with Crippen LogP contribution in [0.3, 0.4) is 0 Å². The third-order valence-electron chi connectivity index (χ3n) is 5.63. The molecule has 144 valence electrons. The van der Waals surface area contributed by atoms with E-state index in [-0.39, 0.29) is 11.5 Å². The van der Waals surface area contributed by atoms with Gasteiger partial charge in [0.15, 0.2) is 0 Å². The van der Waals surface area contributed by atoms with Gasteiger partial charge >= 0.3 is 0 Å². The van der Waals surface area contributed by atoms with E-state index in [1.54, 1.807) is 0 Å². The van der Waals surface area contributed by atoms with Crippen molar-refractivity contribution in [2.45, 2.75) is 32.4 Å². The molecule has 5 rings (SSSR count). The summed E-state index contributed by atoms with van der Waals surface area (Å²) in [5, 5.41) is 0.603. The molecule has 0 aliphatic carbocycles. The van der Waals surface area contributed by atoms with Crippen LogP contribution < -0.4 is 10.2 Å². The lowest BCUT2D eigenvalue weighted by atomic mass is 10.0. The number of rotatable bonds is 3. The van der Waals surface area contributed by atoms with Crippen LogP contribution in [0.15, 0.2) is 51.7 Å². The molecule has 0 amide bonds. The second kappa shape index (κ2) is 7.08. The molecule has 0 spiro atoms. The zero-order chi connectivity index (χ0) is 19.1. The zero-order valence-electron chi connectivity index (χ0n) is 15.9. The maximum atomic E-state index is 13.3. The lowest BCUT2D eigenvalue weighted by molar-refractivity contribution is 0.0281. The molecular formula is C23H23NO4. The van der Waals surface area contributed by atoms with Gasteiger partial charge < -0.3 is 13.9 Å². The summed E-state index contributed by atoms with van der Waals surface area (Å²) in [5.74, 6) is 1.43. The summed E-state index contributed by atoms with van der Waals surface area (Å²) in [6.07, 6.45) is 2.47. The van der Waals surface area contributed by atoms with Crippen molar-refractivity contribution in [1.82, 2.24) is 4.90 Å². The van der Waals surface area contributed by atoms with E-state index in [9.17, 15) is 4.79 Å². The van der Waals surface area contributed by atoms with E-state index in [4.69, 9.17) is 13.9 Å². The monoisotopic (exact) mass is 377 g/mol. The summed E-state index contributed by atoms with van der Waals surface area (Å²) in [6, 6.07) is 13.4. The zero-order valence-corrected chi connectivity index (χ0v) is 15.9. The van der Waals surface area contributed by atoms with Crippen molar-refractivity contribution in [2.75, 3.05) is 19.9 Å². The van der Waals surface area contributed by atoms with Gasteiger partial charge in [0.05, 0.1) is 22.6 Å². The average molecular weight is 377 g/mol. The maximum Gasteiger partial charge on any atom is 0.200 e. The van der Waals surface area contributed by atoms with Crippen molar-refractivity contribution in [3.8, 4) is 16.9 Å². The normalized spacial score (nSPS) is 19.5. The second-order valence-electron chi connectivity index (χ2n) is 7.57. The molecule has 3 heterocycles. The van der Waals surface area contributed by atoms with E-state index >= 15 is 0 Å². The first-order chi connectivity index (χ1) is 13.7. The molecule has 3 aromatic rings. The molecule has 0 saturated carbocycles. The molecule has 5 heteroatoms. The van der Waals surface area contributed by atoms with Crippen LogP contribution in [0.1, 0.15) is 24.2 Å². The number of fused-ring (bicyclic) bond motifs is 3. The van der Waals surface area contributed by atoms with E-state index in [0.29, 0.717) is 35.6 Å². The largest absolute Gasteiger partial charge is 0.478 e. The van der Waals surface area contributed by atoms with Gasteiger partial charge in [-0.3, -0.25) is 9.69 Å². The third-order valence-corrected chi connectivity index (χ3v) is 5.63. The molecule has 0 radical (unpaired) electrons. The number of ether oxygens (including phenoxy) is 2. The Labute approximate surface area is 163 Å². The van der Waals surface area contributed by atoms with Gasteiger partial charge in [0.2, 0.25) is 5.43 Å². The summed E-state index contributed by atoms with van der Waals surface area (Å²) in [4.78, 5) is 15.5. The Bertz CT molecular complexity index is 1070. The van der Waals surface area contributed by atoms with Crippen molar-refractivity contribution in [2.24, 2.45) is 0 Å². The van der Waals surface area contributed by atoms with Crippen LogP contribution in [-0.4, -0.2) is 30.9 Å². The number of aryl methyl sites for hydroxylation is 1. The van der Waals surface area contributed by atoms with Gasteiger partial charge in [-0.2, -0.15) is 0 Å². The number of hydrogen-bond acceptors (Lipinski definition) is 5. The van der Waals surface area contributed by atoms with Crippen LogP contribution in [0, 0.1) is 6.92 Å². The van der Waals surface area contributed by atoms with Crippen LogP contribution in [0.2, 0.25) is 0 Å². The molecule has 0 N–H and O–H groups in total. The quantitative estimate of drug-likeness (QED) is 0.688. The number of benzene rings is 2. The summed E-state index contributed by atoms with van der Waals surface area (Å²) in [6.45, 7) is 4.76. The average Bonchev–Trinajstić information content (AvgIpc) is 3.22. The first kappa shape index (κ1) is 17.5. The van der Waals surface area contributed by atoms with Gasteiger partial charge in [0, 0.05) is 19.7 Å². The van der Waals surface area contributed by atoms with Gasteiger partial charge in [0.25, 0.3) is 0 Å². The highest BCUT2D eigenvalue weighted by atomic mass is 16.5. The van der Waals surface area contributed by atoms with E-state index in [2.05, 4.69) is 4.90 Å². The Morgan fingerprint density at radius 1 is 1.14 bits per heavy atom. The molecule has 2 aliphatic rings. The smallest absolute Gasteiger partial charge is 0.200 e. The molecule has 2 aliphatic heterocycles. The summed E-state index contributed by atoms with van der Waals surface area (Å²) < 4.78 is 17.9. The van der Waals surface area contributed by atoms with Gasteiger partial charge in [-0.05, 0) is 37.5 Å². The van der Waals surface area contributed by atoms with Gasteiger partial charge in [0.1, 0.15) is 23.8 Å². The standard InChI is InChI=1S/C23H23NO4/c1-15-21(16-6-3-2-4-7-16)22(25)18-9-10-20-19(23(18)28-15)13-24(14-27-20)12-17-8-5-11-26-17/h2-4,6-7,9-10,17H,5,8,11-14H2,1H3. The Kier molecular flexibility index (Phi) is 4.41. The van der Waals surface area contributed by atoms with Crippen molar-refractivity contribution in [1.29, 1.82) is 0 Å². The minimum atomic E-state index is 0.00370. The Hall–Kier alpha value is -2.63. The summed E-state index contributed by atoms with van der Waals surface area (Å²) >= 11 is 0. The highest BCUT2D eigenvalue weighted by Gasteiger charge is 2.26. The summed E-state index contributed by atoms with van der Waals surface area (Å²) in [7, 11) is 0. The Morgan fingerprint density at radius 2 is 2.00 bits per heavy atom.